The van der Waals surface area contributed by atoms with Gasteiger partial charge in [-0.1, -0.05) is 50.6 Å². The summed E-state index contributed by atoms with van der Waals surface area (Å²) in [7, 11) is 0. The number of benzene rings is 1. The Hall–Kier alpha value is -1.53. The van der Waals surface area contributed by atoms with E-state index in [1.165, 1.54) is 10.5 Å². The van der Waals surface area contributed by atoms with Crippen molar-refractivity contribution < 1.29 is 4.79 Å². The fourth-order valence-electron chi connectivity index (χ4n) is 3.23. The van der Waals surface area contributed by atoms with E-state index < -0.39 is 0 Å². The molecule has 0 aliphatic heterocycles. The Morgan fingerprint density at radius 3 is 2.56 bits per heavy atom. The Morgan fingerprint density at radius 1 is 1.24 bits per heavy atom. The van der Waals surface area contributed by atoms with Crippen molar-refractivity contribution in [3.05, 3.63) is 42.0 Å². The van der Waals surface area contributed by atoms with Crippen LogP contribution in [0.25, 0.3) is 0 Å². The lowest BCUT2D eigenvalue weighted by molar-refractivity contribution is -0.123. The highest BCUT2D eigenvalue weighted by Crippen LogP contribution is 2.38. The number of thioether (sulfide) groups is 1. The van der Waals surface area contributed by atoms with E-state index in [-0.39, 0.29) is 28.3 Å². The van der Waals surface area contributed by atoms with Gasteiger partial charge in [-0.3, -0.25) is 4.79 Å². The topological polar surface area (TPSA) is 40.9 Å². The third-order valence-electron chi connectivity index (χ3n) is 5.40. The van der Waals surface area contributed by atoms with Crippen LogP contribution in [0.5, 0.6) is 0 Å². The molecule has 1 aliphatic carbocycles. The summed E-state index contributed by atoms with van der Waals surface area (Å²) in [6.07, 6.45) is 5.50. The molecular weight excluding hydrogens is 326 g/mol. The minimum atomic E-state index is -0.230. The van der Waals surface area contributed by atoms with Crippen LogP contribution in [0, 0.1) is 28.6 Å². The summed E-state index contributed by atoms with van der Waals surface area (Å²) in [6, 6.07) is 12.7. The van der Waals surface area contributed by atoms with Gasteiger partial charge in [-0.15, -0.1) is 11.8 Å². The molecule has 0 saturated heterocycles. The Bertz CT molecular complexity index is 656. The van der Waals surface area contributed by atoms with Gasteiger partial charge in [-0.25, -0.2) is 0 Å². The second-order valence-corrected chi connectivity index (χ2v) is 9.20. The first-order valence-electron chi connectivity index (χ1n) is 9.13. The van der Waals surface area contributed by atoms with Gasteiger partial charge < -0.3 is 0 Å². The summed E-state index contributed by atoms with van der Waals surface area (Å²) in [4.78, 5) is 14.1. The fourth-order valence-corrected chi connectivity index (χ4v) is 4.48. The number of carbonyl (C=O) groups is 1. The molecule has 0 bridgehead atoms. The maximum atomic E-state index is 12.9. The molecule has 0 unspecified atom stereocenters. The largest absolute Gasteiger partial charge is 0.299 e. The van der Waals surface area contributed by atoms with Crippen molar-refractivity contribution in [2.45, 2.75) is 63.5 Å². The lowest BCUT2D eigenvalue weighted by Gasteiger charge is -2.29. The minimum Gasteiger partial charge on any atom is -0.299 e. The Labute approximate surface area is 156 Å². The smallest absolute Gasteiger partial charge is 0.138 e. The van der Waals surface area contributed by atoms with Gasteiger partial charge in [0.05, 0.1) is 12.0 Å². The number of allylic oxidation sites excluding steroid dienone is 2. The van der Waals surface area contributed by atoms with Crippen molar-refractivity contribution in [3.8, 4) is 6.07 Å². The molecule has 0 N–H and O–H groups in total. The molecule has 0 radical (unpaired) electrons. The van der Waals surface area contributed by atoms with Crippen molar-refractivity contribution in [2.75, 3.05) is 0 Å². The van der Waals surface area contributed by atoms with Gasteiger partial charge in [0.15, 0.2) is 0 Å². The summed E-state index contributed by atoms with van der Waals surface area (Å²) >= 11 is 1.80. The van der Waals surface area contributed by atoms with Crippen LogP contribution in [0.2, 0.25) is 0 Å². The SMILES string of the molecule is C/C1=C\CC(C)(C)[C@@H](C#N)CC(=O)[C@@H](C)[C@H](Sc2ccccc2)CC1. The van der Waals surface area contributed by atoms with E-state index in [4.69, 9.17) is 0 Å². The first kappa shape index (κ1) is 19.8. The monoisotopic (exact) mass is 355 g/mol. The minimum absolute atomic E-state index is 0.0391. The van der Waals surface area contributed by atoms with Gasteiger partial charge in [-0.05, 0) is 43.7 Å². The van der Waals surface area contributed by atoms with Gasteiger partial charge >= 0.3 is 0 Å². The van der Waals surface area contributed by atoms with E-state index in [9.17, 15) is 10.1 Å². The molecule has 0 fully saturated rings. The van der Waals surface area contributed by atoms with Crippen LogP contribution < -0.4 is 0 Å². The molecule has 134 valence electrons. The number of rotatable bonds is 2. The van der Waals surface area contributed by atoms with Crippen LogP contribution in [-0.4, -0.2) is 11.0 Å². The average Bonchev–Trinajstić information content (AvgIpc) is 2.61. The molecule has 3 atom stereocenters. The summed E-state index contributed by atoms with van der Waals surface area (Å²) in [5.74, 6) is -0.0395. The van der Waals surface area contributed by atoms with E-state index >= 15 is 0 Å². The van der Waals surface area contributed by atoms with Crippen LogP contribution in [-0.2, 0) is 4.79 Å². The molecule has 0 aromatic heterocycles. The van der Waals surface area contributed by atoms with E-state index in [1.807, 2.05) is 25.1 Å². The van der Waals surface area contributed by atoms with Crippen LogP contribution in [0.4, 0.5) is 0 Å². The standard InChI is InChI=1S/C22H29NOS/c1-16-10-11-21(25-19-8-6-5-7-9-19)17(2)20(24)14-18(15-23)22(3,4)13-12-16/h5-9,12,17-18,21H,10-11,13-14H2,1-4H3/b16-12+/t17-,18-,21-/m1/s1. The second kappa shape index (κ2) is 8.72. The predicted molar refractivity (Wildman–Crippen MR) is 105 cm³/mol. The zero-order valence-electron chi connectivity index (χ0n) is 15.8. The van der Waals surface area contributed by atoms with Crippen molar-refractivity contribution in [1.82, 2.24) is 0 Å². The first-order valence-corrected chi connectivity index (χ1v) is 10.0. The maximum absolute atomic E-state index is 12.9. The summed E-state index contributed by atoms with van der Waals surface area (Å²) in [5.41, 5.74) is 1.20. The molecule has 0 saturated carbocycles. The van der Waals surface area contributed by atoms with Gasteiger partial charge in [0.1, 0.15) is 5.78 Å². The van der Waals surface area contributed by atoms with Crippen molar-refractivity contribution in [2.24, 2.45) is 17.3 Å². The highest BCUT2D eigenvalue weighted by Gasteiger charge is 2.34. The maximum Gasteiger partial charge on any atom is 0.138 e. The van der Waals surface area contributed by atoms with E-state index in [0.29, 0.717) is 6.42 Å². The van der Waals surface area contributed by atoms with Gasteiger partial charge in [-0.2, -0.15) is 5.26 Å². The summed E-state index contributed by atoms with van der Waals surface area (Å²) in [5, 5.41) is 9.87. The molecule has 2 rings (SSSR count). The van der Waals surface area contributed by atoms with Crippen LogP contribution >= 0.6 is 11.8 Å². The van der Waals surface area contributed by atoms with E-state index in [1.54, 1.807) is 11.8 Å². The number of nitrogens with zero attached hydrogens (tertiary/aromatic N) is 1. The number of carbonyl (C=O) groups excluding carboxylic acids is 1. The number of hydrogen-bond acceptors (Lipinski definition) is 3. The quantitative estimate of drug-likeness (QED) is 0.607. The lowest BCUT2D eigenvalue weighted by atomic mass is 9.73. The Kier molecular flexibility index (Phi) is 6.90. The van der Waals surface area contributed by atoms with Crippen LogP contribution in [0.15, 0.2) is 46.9 Å². The third kappa shape index (κ3) is 5.47. The molecule has 0 amide bonds. The third-order valence-corrected chi connectivity index (χ3v) is 6.89. The van der Waals surface area contributed by atoms with Gasteiger partial charge in [0, 0.05) is 22.5 Å². The van der Waals surface area contributed by atoms with Crippen LogP contribution in [0.3, 0.4) is 0 Å². The van der Waals surface area contributed by atoms with Crippen LogP contribution in [0.1, 0.15) is 53.4 Å². The highest BCUT2D eigenvalue weighted by atomic mass is 32.2. The number of nitriles is 1. The Morgan fingerprint density at radius 2 is 1.92 bits per heavy atom. The zero-order chi connectivity index (χ0) is 18.4. The molecule has 2 nitrogen and oxygen atoms in total. The molecule has 25 heavy (non-hydrogen) atoms. The summed E-state index contributed by atoms with van der Waals surface area (Å²) < 4.78 is 0. The van der Waals surface area contributed by atoms with E-state index in [2.05, 4.69) is 45.0 Å². The van der Waals surface area contributed by atoms with Gasteiger partial charge in [0.2, 0.25) is 0 Å². The second-order valence-electron chi connectivity index (χ2n) is 7.89. The number of Topliss-reactive ketones (excluding diaryl/α,β-unsaturated/α-hetero) is 1. The zero-order valence-corrected chi connectivity index (χ0v) is 16.6. The molecule has 0 heterocycles. The lowest BCUT2D eigenvalue weighted by Crippen LogP contribution is -2.29. The molecule has 1 aromatic rings. The first-order chi connectivity index (χ1) is 11.8. The van der Waals surface area contributed by atoms with Crippen molar-refractivity contribution >= 4 is 17.5 Å². The molecule has 1 aliphatic rings. The molecule has 3 heteroatoms. The average molecular weight is 356 g/mol. The number of hydrogen-bond donors (Lipinski definition) is 0. The summed E-state index contributed by atoms with van der Waals surface area (Å²) in [6.45, 7) is 8.43. The van der Waals surface area contributed by atoms with Crippen molar-refractivity contribution in [3.63, 3.8) is 0 Å². The Balaban J connectivity index is 2.26. The molecular formula is C22H29NOS. The van der Waals surface area contributed by atoms with E-state index in [0.717, 1.165) is 19.3 Å². The number of ketones is 1. The predicted octanol–water partition coefficient (Wildman–Crippen LogP) is 6.04. The fraction of sp³-hybridized carbons (Fsp3) is 0.545. The van der Waals surface area contributed by atoms with Gasteiger partial charge in [0.25, 0.3) is 0 Å². The highest BCUT2D eigenvalue weighted by molar-refractivity contribution is 8.00. The molecule has 0 spiro atoms. The normalized spacial score (nSPS) is 29.8. The van der Waals surface area contributed by atoms with Crippen molar-refractivity contribution in [1.29, 1.82) is 5.26 Å². The molecule has 1 aromatic carbocycles.